The molecule has 25 heavy (non-hydrogen) atoms. The zero-order valence-electron chi connectivity index (χ0n) is 13.2. The second-order valence-electron chi connectivity index (χ2n) is 5.29. The number of halogens is 1. The highest BCUT2D eigenvalue weighted by molar-refractivity contribution is 7.13. The molecule has 3 N–H and O–H groups in total. The minimum atomic E-state index is -0.302. The van der Waals surface area contributed by atoms with Gasteiger partial charge in [0.2, 0.25) is 0 Å². The molecule has 5 nitrogen and oxygen atoms in total. The summed E-state index contributed by atoms with van der Waals surface area (Å²) >= 11 is 1.26. The molecule has 0 aliphatic carbocycles. The van der Waals surface area contributed by atoms with Crippen LogP contribution in [-0.4, -0.2) is 16.0 Å². The Morgan fingerprint density at radius 1 is 1.16 bits per heavy atom. The molecule has 0 unspecified atom stereocenters. The average Bonchev–Trinajstić information content (AvgIpc) is 3.09. The van der Waals surface area contributed by atoms with E-state index in [1.165, 1.54) is 17.4 Å². The topological polar surface area (TPSA) is 74.2 Å². The molecule has 1 aromatic heterocycles. The number of aliphatic hydroxyl groups is 1. The third-order valence-corrected chi connectivity index (χ3v) is 4.31. The highest BCUT2D eigenvalue weighted by Crippen LogP contribution is 2.17. The van der Waals surface area contributed by atoms with Crippen molar-refractivity contribution in [2.24, 2.45) is 0 Å². The average molecular weight is 357 g/mol. The number of nitrogens with zero attached hydrogens (tertiary/aromatic N) is 1. The van der Waals surface area contributed by atoms with Crippen LogP contribution in [0, 0.1) is 5.82 Å². The summed E-state index contributed by atoms with van der Waals surface area (Å²) in [5.41, 5.74) is 2.38. The summed E-state index contributed by atoms with van der Waals surface area (Å²) in [6.07, 6.45) is 0. The van der Waals surface area contributed by atoms with E-state index in [9.17, 15) is 9.18 Å². The fraction of sp³-hybridized carbons (Fsp3) is 0.111. The lowest BCUT2D eigenvalue weighted by Gasteiger charge is -2.08. The van der Waals surface area contributed by atoms with Crippen LogP contribution in [0.5, 0.6) is 0 Å². The van der Waals surface area contributed by atoms with Crippen molar-refractivity contribution >= 4 is 28.1 Å². The van der Waals surface area contributed by atoms with E-state index in [1.807, 2.05) is 12.1 Å². The molecule has 2 aromatic carbocycles. The van der Waals surface area contributed by atoms with Crippen molar-refractivity contribution in [2.75, 3.05) is 10.6 Å². The Balaban J connectivity index is 1.59. The van der Waals surface area contributed by atoms with E-state index < -0.39 is 0 Å². The van der Waals surface area contributed by atoms with E-state index in [-0.39, 0.29) is 18.3 Å². The molecular formula is C18H16FN3O2S. The number of carbonyl (C=O) groups excluding carboxylic acids is 1. The van der Waals surface area contributed by atoms with Crippen LogP contribution >= 0.6 is 11.3 Å². The molecule has 0 saturated carbocycles. The molecule has 128 valence electrons. The summed E-state index contributed by atoms with van der Waals surface area (Å²) in [6, 6.07) is 13.5. The number of anilines is 2. The lowest BCUT2D eigenvalue weighted by Crippen LogP contribution is -2.12. The second kappa shape index (κ2) is 7.87. The molecular weight excluding hydrogens is 341 g/mol. The number of aliphatic hydroxyl groups excluding tert-OH is 1. The minimum absolute atomic E-state index is 0.157. The molecule has 3 aromatic rings. The number of thiazole rings is 1. The monoisotopic (exact) mass is 357 g/mol. The first-order valence-corrected chi connectivity index (χ1v) is 8.47. The van der Waals surface area contributed by atoms with Gasteiger partial charge in [-0.3, -0.25) is 10.1 Å². The smallest absolute Gasteiger partial charge is 0.257 e. The van der Waals surface area contributed by atoms with E-state index in [2.05, 4.69) is 15.6 Å². The third-order valence-electron chi connectivity index (χ3n) is 3.51. The van der Waals surface area contributed by atoms with Crippen molar-refractivity contribution in [1.29, 1.82) is 0 Å². The molecule has 0 aliphatic heterocycles. The molecule has 0 spiro atoms. The number of rotatable bonds is 6. The van der Waals surface area contributed by atoms with Crippen LogP contribution < -0.4 is 10.6 Å². The number of amides is 1. The summed E-state index contributed by atoms with van der Waals surface area (Å²) in [5, 5.41) is 16.8. The van der Waals surface area contributed by atoms with Crippen molar-refractivity contribution in [3.05, 3.63) is 76.5 Å². The maximum absolute atomic E-state index is 13.6. The van der Waals surface area contributed by atoms with Gasteiger partial charge in [-0.1, -0.05) is 24.3 Å². The van der Waals surface area contributed by atoms with Crippen LogP contribution in [0.3, 0.4) is 0 Å². The SMILES string of the molecule is O=C(Nc1nc(CO)cs1)c1ccc(CNc2ccccc2F)cc1. The summed E-state index contributed by atoms with van der Waals surface area (Å²) in [6.45, 7) is 0.297. The predicted octanol–water partition coefficient (Wildman–Crippen LogP) is 3.64. The molecule has 1 amide bonds. The van der Waals surface area contributed by atoms with Gasteiger partial charge in [0, 0.05) is 17.5 Å². The molecule has 3 rings (SSSR count). The Labute approximate surface area is 148 Å². The van der Waals surface area contributed by atoms with Crippen molar-refractivity contribution in [2.45, 2.75) is 13.2 Å². The van der Waals surface area contributed by atoms with E-state index in [0.717, 1.165) is 5.56 Å². The standard InChI is InChI=1S/C18H16FN3O2S/c19-15-3-1-2-4-16(15)20-9-12-5-7-13(8-6-12)17(24)22-18-21-14(10-23)11-25-18/h1-8,11,20,23H,9-10H2,(H,21,22,24). The van der Waals surface area contributed by atoms with Crippen LogP contribution in [0.1, 0.15) is 21.6 Å². The van der Waals surface area contributed by atoms with Crippen molar-refractivity contribution in [1.82, 2.24) is 4.98 Å². The lowest BCUT2D eigenvalue weighted by atomic mass is 10.1. The van der Waals surface area contributed by atoms with Gasteiger partial charge in [0.15, 0.2) is 5.13 Å². The van der Waals surface area contributed by atoms with E-state index in [1.54, 1.807) is 35.7 Å². The summed E-state index contributed by atoms with van der Waals surface area (Å²) in [7, 11) is 0. The second-order valence-corrected chi connectivity index (χ2v) is 6.14. The highest BCUT2D eigenvalue weighted by Gasteiger charge is 2.09. The zero-order valence-corrected chi connectivity index (χ0v) is 14.0. The molecule has 0 atom stereocenters. The molecule has 0 saturated heterocycles. The van der Waals surface area contributed by atoms with Gasteiger partial charge in [0.05, 0.1) is 18.0 Å². The van der Waals surface area contributed by atoms with Crippen LogP contribution in [0.15, 0.2) is 53.9 Å². The van der Waals surface area contributed by atoms with Crippen molar-refractivity contribution < 1.29 is 14.3 Å². The number of benzene rings is 2. The quantitative estimate of drug-likeness (QED) is 0.630. The summed E-state index contributed by atoms with van der Waals surface area (Å²) in [5.74, 6) is -0.573. The molecule has 0 aliphatic rings. The van der Waals surface area contributed by atoms with Gasteiger partial charge in [-0.15, -0.1) is 11.3 Å². The largest absolute Gasteiger partial charge is 0.390 e. The molecule has 7 heteroatoms. The van der Waals surface area contributed by atoms with Gasteiger partial charge in [-0.05, 0) is 29.8 Å². The predicted molar refractivity (Wildman–Crippen MR) is 96.2 cm³/mol. The lowest BCUT2D eigenvalue weighted by molar-refractivity contribution is 0.102. The maximum Gasteiger partial charge on any atom is 0.257 e. The number of nitrogens with one attached hydrogen (secondary N) is 2. The number of para-hydroxylation sites is 1. The van der Waals surface area contributed by atoms with E-state index in [4.69, 9.17) is 5.11 Å². The van der Waals surface area contributed by atoms with Gasteiger partial charge >= 0.3 is 0 Å². The van der Waals surface area contributed by atoms with Crippen molar-refractivity contribution in [3.63, 3.8) is 0 Å². The summed E-state index contributed by atoms with van der Waals surface area (Å²) in [4.78, 5) is 16.2. The summed E-state index contributed by atoms with van der Waals surface area (Å²) < 4.78 is 13.6. The molecule has 1 heterocycles. The Kier molecular flexibility index (Phi) is 5.37. The molecule has 0 bridgehead atoms. The Morgan fingerprint density at radius 3 is 2.60 bits per heavy atom. The molecule has 0 fully saturated rings. The Morgan fingerprint density at radius 2 is 1.92 bits per heavy atom. The van der Waals surface area contributed by atoms with Crippen LogP contribution in [0.25, 0.3) is 0 Å². The number of aromatic nitrogens is 1. The van der Waals surface area contributed by atoms with Gasteiger partial charge in [-0.25, -0.2) is 9.37 Å². The fourth-order valence-corrected chi connectivity index (χ4v) is 2.88. The van der Waals surface area contributed by atoms with Gasteiger partial charge < -0.3 is 10.4 Å². The normalized spacial score (nSPS) is 10.5. The van der Waals surface area contributed by atoms with Crippen LogP contribution in [-0.2, 0) is 13.2 Å². The Bertz CT molecular complexity index is 865. The Hall–Kier alpha value is -2.77. The van der Waals surface area contributed by atoms with E-state index >= 15 is 0 Å². The maximum atomic E-state index is 13.6. The number of hydrogen-bond donors (Lipinski definition) is 3. The fourth-order valence-electron chi connectivity index (χ4n) is 2.18. The highest BCUT2D eigenvalue weighted by atomic mass is 32.1. The third kappa shape index (κ3) is 4.40. The van der Waals surface area contributed by atoms with Crippen molar-refractivity contribution in [3.8, 4) is 0 Å². The first kappa shape index (κ1) is 17.1. The van der Waals surface area contributed by atoms with Gasteiger partial charge in [0.1, 0.15) is 5.82 Å². The van der Waals surface area contributed by atoms with E-state index in [0.29, 0.717) is 28.6 Å². The number of carbonyl (C=O) groups is 1. The minimum Gasteiger partial charge on any atom is -0.390 e. The van der Waals surface area contributed by atoms with Gasteiger partial charge in [0.25, 0.3) is 5.91 Å². The van der Waals surface area contributed by atoms with Crippen LogP contribution in [0.2, 0.25) is 0 Å². The first-order chi connectivity index (χ1) is 12.2. The first-order valence-electron chi connectivity index (χ1n) is 7.59. The zero-order chi connectivity index (χ0) is 17.6. The van der Waals surface area contributed by atoms with Crippen LogP contribution in [0.4, 0.5) is 15.2 Å². The molecule has 0 radical (unpaired) electrons. The van der Waals surface area contributed by atoms with Gasteiger partial charge in [-0.2, -0.15) is 0 Å². The number of hydrogen-bond acceptors (Lipinski definition) is 5.